The minimum atomic E-state index is -0.563. The van der Waals surface area contributed by atoms with Gasteiger partial charge in [0.2, 0.25) is 0 Å². The van der Waals surface area contributed by atoms with Gasteiger partial charge in [-0.1, -0.05) is 6.07 Å². The molecule has 0 bridgehead atoms. The highest BCUT2D eigenvalue weighted by Crippen LogP contribution is 2.27. The van der Waals surface area contributed by atoms with Crippen LogP contribution in [0.5, 0.6) is 5.75 Å². The first-order chi connectivity index (χ1) is 11.3. The molecule has 1 heterocycles. The lowest BCUT2D eigenvalue weighted by Crippen LogP contribution is -2.30. The molecular weight excluding hydrogens is 326 g/mol. The molecule has 0 aliphatic rings. The van der Waals surface area contributed by atoms with Crippen LogP contribution >= 0.6 is 11.3 Å². The molecule has 24 heavy (non-hydrogen) atoms. The fraction of sp³-hybridized carbons (Fsp3) is 0.353. The highest BCUT2D eigenvalue weighted by atomic mass is 32.1. The van der Waals surface area contributed by atoms with E-state index in [0.29, 0.717) is 11.3 Å². The normalized spacial score (nSPS) is 11.8. The van der Waals surface area contributed by atoms with Gasteiger partial charge in [0.15, 0.2) is 6.61 Å². The molecule has 7 heteroatoms. The Hall–Kier alpha value is -2.41. The Morgan fingerprint density at radius 1 is 1.38 bits per heavy atom. The Balaban J connectivity index is 2.16. The molecule has 0 aliphatic heterocycles. The molecule has 0 saturated heterocycles. The second-order valence-electron chi connectivity index (χ2n) is 5.55. The van der Waals surface area contributed by atoms with Gasteiger partial charge in [0.05, 0.1) is 16.7 Å². The fourth-order valence-corrected chi connectivity index (χ4v) is 3.28. The number of aryl methyl sites for hydroxylation is 2. The van der Waals surface area contributed by atoms with Crippen LogP contribution in [0.1, 0.15) is 38.9 Å². The maximum atomic E-state index is 12.7. The second kappa shape index (κ2) is 7.44. The summed E-state index contributed by atoms with van der Waals surface area (Å²) in [7, 11) is 1.75. The van der Waals surface area contributed by atoms with E-state index in [1.165, 1.54) is 0 Å². The zero-order valence-corrected chi connectivity index (χ0v) is 15.0. The second-order valence-corrected chi connectivity index (χ2v) is 6.96. The summed E-state index contributed by atoms with van der Waals surface area (Å²) < 4.78 is 5.25. The highest BCUT2D eigenvalue weighted by Gasteiger charge is 2.23. The van der Waals surface area contributed by atoms with Crippen LogP contribution in [-0.2, 0) is 4.79 Å². The quantitative estimate of drug-likeness (QED) is 0.870. The first kappa shape index (κ1) is 17.9. The fourth-order valence-electron chi connectivity index (χ4n) is 2.37. The lowest BCUT2D eigenvalue weighted by atomic mass is 10.1. The van der Waals surface area contributed by atoms with Crippen LogP contribution in [0.2, 0.25) is 0 Å². The van der Waals surface area contributed by atoms with Crippen molar-refractivity contribution in [3.8, 4) is 5.75 Å². The summed E-state index contributed by atoms with van der Waals surface area (Å²) in [4.78, 5) is 30.8. The number of primary amides is 1. The van der Waals surface area contributed by atoms with E-state index >= 15 is 0 Å². The molecule has 128 valence electrons. The summed E-state index contributed by atoms with van der Waals surface area (Å²) in [5.74, 6) is -0.273. The first-order valence-electron chi connectivity index (χ1n) is 7.52. The number of rotatable bonds is 6. The van der Waals surface area contributed by atoms with Gasteiger partial charge in [-0.15, -0.1) is 11.3 Å². The Bertz CT molecular complexity index is 757. The van der Waals surface area contributed by atoms with Crippen molar-refractivity contribution < 1.29 is 14.3 Å². The number of benzene rings is 1. The summed E-state index contributed by atoms with van der Waals surface area (Å²) in [6.45, 7) is 5.69. The molecule has 1 atom stereocenters. The van der Waals surface area contributed by atoms with E-state index in [-0.39, 0.29) is 18.6 Å². The van der Waals surface area contributed by atoms with Gasteiger partial charge in [0.25, 0.3) is 11.8 Å². The number of hydrogen-bond acceptors (Lipinski definition) is 5. The maximum absolute atomic E-state index is 12.7. The predicted octanol–water partition coefficient (Wildman–Crippen LogP) is 2.46. The lowest BCUT2D eigenvalue weighted by molar-refractivity contribution is -0.119. The smallest absolute Gasteiger partial charge is 0.255 e. The molecule has 2 rings (SSSR count). The maximum Gasteiger partial charge on any atom is 0.255 e. The molecular formula is C17H21N3O3S. The molecule has 1 aromatic carbocycles. The number of ether oxygens (including phenoxy) is 1. The van der Waals surface area contributed by atoms with Crippen molar-refractivity contribution in [3.05, 3.63) is 45.4 Å². The molecule has 1 aromatic heterocycles. The minimum absolute atomic E-state index is 0.141. The van der Waals surface area contributed by atoms with Crippen LogP contribution in [0.25, 0.3) is 0 Å². The van der Waals surface area contributed by atoms with Crippen molar-refractivity contribution in [3.63, 3.8) is 0 Å². The SMILES string of the molecule is Cc1nc(C(C)N(C)C(=O)c2cccc(OCC(N)=O)c2)c(C)s1. The van der Waals surface area contributed by atoms with Gasteiger partial charge in [-0.2, -0.15) is 0 Å². The third kappa shape index (κ3) is 4.11. The highest BCUT2D eigenvalue weighted by molar-refractivity contribution is 7.11. The van der Waals surface area contributed by atoms with Crippen molar-refractivity contribution >= 4 is 23.2 Å². The molecule has 0 spiro atoms. The molecule has 0 aliphatic carbocycles. The molecule has 1 unspecified atom stereocenters. The number of amides is 2. The summed E-state index contributed by atoms with van der Waals surface area (Å²) in [6.07, 6.45) is 0. The van der Waals surface area contributed by atoms with E-state index < -0.39 is 5.91 Å². The van der Waals surface area contributed by atoms with Crippen molar-refractivity contribution in [1.29, 1.82) is 0 Å². The molecule has 2 aromatic rings. The monoisotopic (exact) mass is 347 g/mol. The van der Waals surface area contributed by atoms with Gasteiger partial charge in [-0.25, -0.2) is 4.98 Å². The Morgan fingerprint density at radius 3 is 2.67 bits per heavy atom. The van der Waals surface area contributed by atoms with Gasteiger partial charge in [0, 0.05) is 17.5 Å². The Labute approximate surface area is 145 Å². The van der Waals surface area contributed by atoms with Gasteiger partial charge in [0.1, 0.15) is 5.75 Å². The van der Waals surface area contributed by atoms with E-state index in [1.54, 1.807) is 47.5 Å². The summed E-state index contributed by atoms with van der Waals surface area (Å²) in [5, 5.41) is 0.983. The largest absolute Gasteiger partial charge is 0.484 e. The van der Waals surface area contributed by atoms with E-state index in [0.717, 1.165) is 15.6 Å². The number of nitrogens with two attached hydrogens (primary N) is 1. The third-order valence-electron chi connectivity index (χ3n) is 3.70. The summed E-state index contributed by atoms with van der Waals surface area (Å²) in [6, 6.07) is 6.56. The molecule has 0 saturated carbocycles. The van der Waals surface area contributed by atoms with Gasteiger partial charge in [-0.3, -0.25) is 9.59 Å². The van der Waals surface area contributed by atoms with Crippen LogP contribution in [0.4, 0.5) is 0 Å². The van der Waals surface area contributed by atoms with Gasteiger partial charge in [-0.05, 0) is 39.0 Å². The lowest BCUT2D eigenvalue weighted by Gasteiger charge is -2.24. The minimum Gasteiger partial charge on any atom is -0.484 e. The predicted molar refractivity (Wildman–Crippen MR) is 93.2 cm³/mol. The summed E-state index contributed by atoms with van der Waals surface area (Å²) >= 11 is 1.62. The number of hydrogen-bond donors (Lipinski definition) is 1. The number of carbonyl (C=O) groups excluding carboxylic acids is 2. The number of aromatic nitrogens is 1. The number of nitrogens with zero attached hydrogens (tertiary/aromatic N) is 2. The number of carbonyl (C=O) groups is 2. The van der Waals surface area contributed by atoms with Crippen molar-refractivity contribution in [2.75, 3.05) is 13.7 Å². The summed E-state index contributed by atoms with van der Waals surface area (Å²) in [5.41, 5.74) is 6.46. The van der Waals surface area contributed by atoms with Gasteiger partial charge < -0.3 is 15.4 Å². The average molecular weight is 347 g/mol. The average Bonchev–Trinajstić information content (AvgIpc) is 2.89. The van der Waals surface area contributed by atoms with Crippen molar-refractivity contribution in [2.45, 2.75) is 26.8 Å². The van der Waals surface area contributed by atoms with Gasteiger partial charge >= 0.3 is 0 Å². The first-order valence-corrected chi connectivity index (χ1v) is 8.33. The molecule has 2 N–H and O–H groups in total. The molecule has 2 amide bonds. The van der Waals surface area contributed by atoms with Crippen molar-refractivity contribution in [2.24, 2.45) is 5.73 Å². The molecule has 6 nitrogen and oxygen atoms in total. The molecule has 0 fully saturated rings. The van der Waals surface area contributed by atoms with E-state index in [1.807, 2.05) is 20.8 Å². The zero-order valence-electron chi connectivity index (χ0n) is 14.2. The Morgan fingerprint density at radius 2 is 2.08 bits per heavy atom. The number of thiazole rings is 1. The zero-order chi connectivity index (χ0) is 17.9. The van der Waals surface area contributed by atoms with Crippen LogP contribution in [-0.4, -0.2) is 35.4 Å². The Kier molecular flexibility index (Phi) is 5.56. The van der Waals surface area contributed by atoms with E-state index in [2.05, 4.69) is 4.98 Å². The molecule has 0 radical (unpaired) electrons. The van der Waals surface area contributed by atoms with Crippen molar-refractivity contribution in [1.82, 2.24) is 9.88 Å². The van der Waals surface area contributed by atoms with Crippen LogP contribution in [0, 0.1) is 13.8 Å². The van der Waals surface area contributed by atoms with E-state index in [9.17, 15) is 9.59 Å². The van der Waals surface area contributed by atoms with E-state index in [4.69, 9.17) is 10.5 Å². The third-order valence-corrected chi connectivity index (χ3v) is 4.60. The van der Waals surface area contributed by atoms with Crippen LogP contribution in [0.3, 0.4) is 0 Å². The van der Waals surface area contributed by atoms with Crippen LogP contribution in [0.15, 0.2) is 24.3 Å². The van der Waals surface area contributed by atoms with Crippen LogP contribution < -0.4 is 10.5 Å². The standard InChI is InChI=1S/C17H21N3O3S/c1-10(16-11(2)24-12(3)19-16)20(4)17(22)13-6-5-7-14(8-13)23-9-15(18)21/h5-8,10H,9H2,1-4H3,(H2,18,21). The topological polar surface area (TPSA) is 85.5 Å².